The van der Waals surface area contributed by atoms with E-state index in [4.69, 9.17) is 4.74 Å². The van der Waals surface area contributed by atoms with Crippen LogP contribution < -0.4 is 15.6 Å². The van der Waals surface area contributed by atoms with E-state index >= 15 is 0 Å². The molecule has 4 aromatic rings. The Morgan fingerprint density at radius 3 is 2.80 bits per heavy atom. The third-order valence-electron chi connectivity index (χ3n) is 4.37. The van der Waals surface area contributed by atoms with E-state index < -0.39 is 0 Å². The highest BCUT2D eigenvalue weighted by Gasteiger charge is 2.14. The number of methoxy groups -OCH3 is 1. The zero-order valence-electron chi connectivity index (χ0n) is 16.1. The first-order valence-corrected chi connectivity index (χ1v) is 10.0. The Kier molecular flexibility index (Phi) is 5.67. The fourth-order valence-corrected chi connectivity index (χ4v) is 3.74. The van der Waals surface area contributed by atoms with E-state index in [0.717, 1.165) is 11.3 Å². The predicted molar refractivity (Wildman–Crippen MR) is 117 cm³/mol. The summed E-state index contributed by atoms with van der Waals surface area (Å²) in [5.41, 5.74) is 2.39. The molecule has 0 saturated carbocycles. The van der Waals surface area contributed by atoms with Gasteiger partial charge in [0.05, 0.1) is 24.7 Å². The highest BCUT2D eigenvalue weighted by atomic mass is 32.1. The van der Waals surface area contributed by atoms with Gasteiger partial charge in [0, 0.05) is 28.9 Å². The normalized spacial score (nSPS) is 10.6. The van der Waals surface area contributed by atoms with Crippen LogP contribution in [0.15, 0.2) is 77.3 Å². The molecule has 0 aliphatic heterocycles. The zero-order chi connectivity index (χ0) is 20.9. The monoisotopic (exact) mass is 418 g/mol. The van der Waals surface area contributed by atoms with Gasteiger partial charge >= 0.3 is 0 Å². The molecule has 0 spiro atoms. The van der Waals surface area contributed by atoms with Gasteiger partial charge in [-0.2, -0.15) is 0 Å². The Hall–Kier alpha value is -3.78. The van der Waals surface area contributed by atoms with Crippen molar-refractivity contribution in [1.29, 1.82) is 0 Å². The molecule has 0 radical (unpaired) electrons. The van der Waals surface area contributed by atoms with Gasteiger partial charge in [-0.15, -0.1) is 11.3 Å². The number of rotatable bonds is 6. The van der Waals surface area contributed by atoms with Crippen molar-refractivity contribution in [2.45, 2.75) is 6.54 Å². The minimum Gasteiger partial charge on any atom is -0.497 e. The fraction of sp³-hybridized carbons (Fsp3) is 0.0909. The maximum atomic E-state index is 12.9. The van der Waals surface area contributed by atoms with E-state index in [-0.39, 0.29) is 18.0 Å². The molecule has 7 nitrogen and oxygen atoms in total. The lowest BCUT2D eigenvalue weighted by atomic mass is 10.2. The molecule has 4 rings (SSSR count). The number of amides is 1. The summed E-state index contributed by atoms with van der Waals surface area (Å²) in [6.07, 6.45) is 2.83. The number of nitrogens with zero attached hydrogens (tertiary/aromatic N) is 3. The third kappa shape index (κ3) is 4.28. The van der Waals surface area contributed by atoms with Crippen molar-refractivity contribution in [2.24, 2.45) is 0 Å². The lowest BCUT2D eigenvalue weighted by Crippen LogP contribution is -2.28. The summed E-state index contributed by atoms with van der Waals surface area (Å²) in [6.45, 7) is -0.159. The van der Waals surface area contributed by atoms with Crippen LogP contribution in [0.2, 0.25) is 0 Å². The third-order valence-corrected chi connectivity index (χ3v) is 5.25. The van der Waals surface area contributed by atoms with Gasteiger partial charge in [-0.05, 0) is 12.1 Å². The van der Waals surface area contributed by atoms with Gasteiger partial charge < -0.3 is 10.1 Å². The average Bonchev–Trinajstić information content (AvgIpc) is 3.26. The molecular formula is C22H18N4O3S. The molecule has 0 unspecified atom stereocenters. The van der Waals surface area contributed by atoms with Gasteiger partial charge in [0.1, 0.15) is 17.3 Å². The van der Waals surface area contributed by atoms with E-state index in [2.05, 4.69) is 15.3 Å². The maximum Gasteiger partial charge on any atom is 0.264 e. The zero-order valence-corrected chi connectivity index (χ0v) is 16.9. The minimum absolute atomic E-state index is 0.159. The van der Waals surface area contributed by atoms with E-state index in [1.54, 1.807) is 31.4 Å². The predicted octanol–water partition coefficient (Wildman–Crippen LogP) is 3.68. The Morgan fingerprint density at radius 1 is 1.17 bits per heavy atom. The van der Waals surface area contributed by atoms with E-state index in [9.17, 15) is 9.59 Å². The summed E-state index contributed by atoms with van der Waals surface area (Å²) < 4.78 is 6.42. The first-order valence-electron chi connectivity index (χ1n) is 9.14. The quantitative estimate of drug-likeness (QED) is 0.516. The molecule has 2 aromatic carbocycles. The van der Waals surface area contributed by atoms with Crippen LogP contribution in [0, 0.1) is 0 Å². The first-order chi connectivity index (χ1) is 14.6. The number of aromatic nitrogens is 3. The standard InChI is InChI=1S/C22H18N4O3S/c1-29-17-9-5-8-16(10-17)24-20(27)12-26-14-23-11-18(22(26)28)21-25-19(13-30-21)15-6-3-2-4-7-15/h2-11,13-14H,12H2,1H3,(H,24,27). The Balaban J connectivity index is 1.54. The molecule has 0 bridgehead atoms. The summed E-state index contributed by atoms with van der Waals surface area (Å²) in [7, 11) is 1.56. The maximum absolute atomic E-state index is 12.9. The molecule has 0 aliphatic rings. The van der Waals surface area contributed by atoms with Gasteiger partial charge in [-0.25, -0.2) is 9.97 Å². The summed E-state index contributed by atoms with van der Waals surface area (Å²) >= 11 is 1.37. The topological polar surface area (TPSA) is 86.1 Å². The summed E-state index contributed by atoms with van der Waals surface area (Å²) in [5, 5.41) is 5.22. The number of anilines is 1. The fourth-order valence-electron chi connectivity index (χ4n) is 2.91. The molecule has 0 fully saturated rings. The summed E-state index contributed by atoms with van der Waals surface area (Å²) in [4.78, 5) is 34.0. The van der Waals surface area contributed by atoms with Crippen LogP contribution in [0.4, 0.5) is 5.69 Å². The smallest absolute Gasteiger partial charge is 0.264 e. The molecule has 0 atom stereocenters. The van der Waals surface area contributed by atoms with E-state index in [0.29, 0.717) is 22.0 Å². The molecule has 2 aromatic heterocycles. The van der Waals surface area contributed by atoms with Gasteiger partial charge in [-0.3, -0.25) is 14.2 Å². The van der Waals surface area contributed by atoms with Crippen LogP contribution in [0.25, 0.3) is 21.8 Å². The van der Waals surface area contributed by atoms with Crippen LogP contribution in [-0.4, -0.2) is 27.6 Å². The second-order valence-corrected chi connectivity index (χ2v) is 7.28. The van der Waals surface area contributed by atoms with Crippen LogP contribution in [-0.2, 0) is 11.3 Å². The minimum atomic E-state index is -0.339. The number of nitrogens with one attached hydrogen (secondary N) is 1. The number of hydrogen-bond acceptors (Lipinski definition) is 6. The van der Waals surface area contributed by atoms with Crippen molar-refractivity contribution in [3.05, 3.63) is 82.9 Å². The highest BCUT2D eigenvalue weighted by Crippen LogP contribution is 2.26. The largest absolute Gasteiger partial charge is 0.497 e. The number of ether oxygens (including phenoxy) is 1. The first kappa shape index (κ1) is 19.5. The molecule has 0 aliphatic carbocycles. The molecule has 2 heterocycles. The summed E-state index contributed by atoms with van der Waals surface area (Å²) in [6, 6.07) is 16.7. The SMILES string of the molecule is COc1cccc(NC(=O)Cn2cncc(-c3nc(-c4ccccc4)cs3)c2=O)c1. The molecular weight excluding hydrogens is 400 g/mol. The molecule has 0 saturated heterocycles. The van der Waals surface area contributed by atoms with Crippen molar-refractivity contribution in [1.82, 2.24) is 14.5 Å². The van der Waals surface area contributed by atoms with Crippen LogP contribution >= 0.6 is 11.3 Å². The van der Waals surface area contributed by atoms with Gasteiger partial charge in [0.25, 0.3) is 5.56 Å². The van der Waals surface area contributed by atoms with Crippen molar-refractivity contribution in [3.8, 4) is 27.6 Å². The molecule has 1 N–H and O–H groups in total. The Labute approximate surface area is 176 Å². The van der Waals surface area contributed by atoms with Crippen molar-refractivity contribution in [3.63, 3.8) is 0 Å². The molecule has 30 heavy (non-hydrogen) atoms. The lowest BCUT2D eigenvalue weighted by Gasteiger charge is -2.09. The van der Waals surface area contributed by atoms with Crippen molar-refractivity contribution in [2.75, 3.05) is 12.4 Å². The number of hydrogen-bond donors (Lipinski definition) is 1. The van der Waals surface area contributed by atoms with E-state index in [1.165, 1.54) is 28.4 Å². The van der Waals surface area contributed by atoms with Crippen LogP contribution in [0.3, 0.4) is 0 Å². The van der Waals surface area contributed by atoms with Crippen molar-refractivity contribution < 1.29 is 9.53 Å². The number of benzene rings is 2. The summed E-state index contributed by atoms with van der Waals surface area (Å²) in [5.74, 6) is 0.292. The second-order valence-electron chi connectivity index (χ2n) is 6.42. The Bertz CT molecular complexity index is 1230. The Morgan fingerprint density at radius 2 is 2.00 bits per heavy atom. The average molecular weight is 418 g/mol. The lowest BCUT2D eigenvalue weighted by molar-refractivity contribution is -0.116. The highest BCUT2D eigenvalue weighted by molar-refractivity contribution is 7.13. The molecule has 150 valence electrons. The number of carbonyl (C=O) groups excluding carboxylic acids is 1. The number of carbonyl (C=O) groups is 1. The van der Waals surface area contributed by atoms with Gasteiger partial charge in [-0.1, -0.05) is 36.4 Å². The molecule has 1 amide bonds. The molecule has 8 heteroatoms. The van der Waals surface area contributed by atoms with Crippen LogP contribution in [0.1, 0.15) is 0 Å². The van der Waals surface area contributed by atoms with Crippen LogP contribution in [0.5, 0.6) is 5.75 Å². The second kappa shape index (κ2) is 8.71. The number of thiazole rings is 1. The van der Waals surface area contributed by atoms with Gasteiger partial charge in [0.15, 0.2) is 0 Å². The van der Waals surface area contributed by atoms with Gasteiger partial charge in [0.2, 0.25) is 5.91 Å². The van der Waals surface area contributed by atoms with E-state index in [1.807, 2.05) is 35.7 Å². The van der Waals surface area contributed by atoms with Crippen molar-refractivity contribution >= 4 is 22.9 Å².